The molecule has 3 heterocycles. The third kappa shape index (κ3) is 4.97. The minimum atomic E-state index is -3.65. The summed E-state index contributed by atoms with van der Waals surface area (Å²) in [6.45, 7) is 7.50. The third-order valence-electron chi connectivity index (χ3n) is 4.39. The lowest BCUT2D eigenvalue weighted by atomic mass is 10.2. The van der Waals surface area contributed by atoms with Gasteiger partial charge < -0.3 is 19.5 Å². The molecule has 28 heavy (non-hydrogen) atoms. The summed E-state index contributed by atoms with van der Waals surface area (Å²) >= 11 is 0. The van der Waals surface area contributed by atoms with Crippen LogP contribution in [0, 0.1) is 0 Å². The second kappa shape index (κ2) is 8.84. The molecule has 0 saturated carbocycles. The lowest BCUT2D eigenvalue weighted by Gasteiger charge is -2.27. The van der Waals surface area contributed by atoms with Gasteiger partial charge in [0.25, 0.3) is 10.0 Å². The zero-order valence-electron chi connectivity index (χ0n) is 16.4. The van der Waals surface area contributed by atoms with E-state index in [1.807, 2.05) is 19.9 Å². The van der Waals surface area contributed by atoms with Crippen LogP contribution in [-0.2, 0) is 21.8 Å². The molecule has 154 valence electrons. The van der Waals surface area contributed by atoms with E-state index in [0.29, 0.717) is 25.6 Å². The van der Waals surface area contributed by atoms with Crippen molar-refractivity contribution in [3.05, 3.63) is 24.4 Å². The summed E-state index contributed by atoms with van der Waals surface area (Å²) in [5, 5.41) is 3.16. The van der Waals surface area contributed by atoms with Crippen LogP contribution in [0.4, 0.5) is 11.6 Å². The molecule has 11 heteroatoms. The van der Waals surface area contributed by atoms with Crippen LogP contribution in [0.3, 0.4) is 0 Å². The molecule has 1 saturated heterocycles. The van der Waals surface area contributed by atoms with Gasteiger partial charge in [0.05, 0.1) is 13.2 Å². The van der Waals surface area contributed by atoms with Gasteiger partial charge in [-0.1, -0.05) is 13.8 Å². The van der Waals surface area contributed by atoms with Gasteiger partial charge in [-0.25, -0.2) is 28.1 Å². The number of hydrogen-bond acceptors (Lipinski definition) is 8. The molecule has 0 bridgehead atoms. The van der Waals surface area contributed by atoms with Crippen LogP contribution in [0.1, 0.15) is 25.6 Å². The first kappa shape index (κ1) is 20.5. The Morgan fingerprint density at radius 2 is 1.96 bits per heavy atom. The van der Waals surface area contributed by atoms with E-state index >= 15 is 0 Å². The lowest BCUT2D eigenvalue weighted by Crippen LogP contribution is -2.36. The number of rotatable bonds is 8. The molecule has 0 aromatic carbocycles. The fourth-order valence-electron chi connectivity index (χ4n) is 2.98. The number of hydrogen-bond donors (Lipinski definition) is 2. The summed E-state index contributed by atoms with van der Waals surface area (Å²) in [5.74, 6) is 2.36. The normalized spacial score (nSPS) is 15.2. The molecule has 1 aliphatic rings. The standard InChI is InChI=1S/C17H27N7O3S/c1-13(2)17-22-16(11-23(17)3)28(25,26)21-5-4-18-14-10-15(20-12-19-14)24-6-8-27-9-7-24/h10-13,21H,4-9H2,1-3H3,(H,18,19,20). The Balaban J connectivity index is 1.53. The predicted molar refractivity (Wildman–Crippen MR) is 106 cm³/mol. The summed E-state index contributed by atoms with van der Waals surface area (Å²) in [4.78, 5) is 14.8. The summed E-state index contributed by atoms with van der Waals surface area (Å²) in [6, 6.07) is 1.85. The average Bonchev–Trinajstić information content (AvgIpc) is 3.09. The van der Waals surface area contributed by atoms with E-state index in [1.165, 1.54) is 12.5 Å². The highest BCUT2D eigenvalue weighted by molar-refractivity contribution is 7.89. The van der Waals surface area contributed by atoms with Crippen molar-refractivity contribution in [2.24, 2.45) is 7.05 Å². The van der Waals surface area contributed by atoms with Crippen LogP contribution >= 0.6 is 0 Å². The SMILES string of the molecule is CC(C)c1nc(S(=O)(=O)NCCNc2cc(N3CCOCC3)ncn2)cn1C. The van der Waals surface area contributed by atoms with Crippen molar-refractivity contribution in [1.82, 2.24) is 24.2 Å². The van der Waals surface area contributed by atoms with E-state index in [1.54, 1.807) is 11.6 Å². The second-order valence-corrected chi connectivity index (χ2v) is 8.60. The van der Waals surface area contributed by atoms with Gasteiger partial charge in [0.15, 0.2) is 5.03 Å². The molecule has 0 unspecified atom stereocenters. The average molecular weight is 410 g/mol. The van der Waals surface area contributed by atoms with Crippen molar-refractivity contribution >= 4 is 21.7 Å². The zero-order valence-corrected chi connectivity index (χ0v) is 17.2. The Labute approximate surface area is 165 Å². The van der Waals surface area contributed by atoms with Gasteiger partial charge in [0.2, 0.25) is 0 Å². The van der Waals surface area contributed by atoms with Crippen LogP contribution in [-0.4, -0.2) is 67.3 Å². The number of nitrogens with zero attached hydrogens (tertiary/aromatic N) is 5. The van der Waals surface area contributed by atoms with Crippen molar-refractivity contribution in [2.75, 3.05) is 49.6 Å². The molecule has 2 aromatic rings. The summed E-state index contributed by atoms with van der Waals surface area (Å²) < 4.78 is 34.5. The second-order valence-electron chi connectivity index (χ2n) is 6.89. The molecule has 1 fully saturated rings. The Morgan fingerprint density at radius 3 is 2.64 bits per heavy atom. The number of sulfonamides is 1. The zero-order chi connectivity index (χ0) is 20.1. The highest BCUT2D eigenvalue weighted by Crippen LogP contribution is 2.16. The molecular formula is C17H27N7O3S. The van der Waals surface area contributed by atoms with Crippen LogP contribution in [0.2, 0.25) is 0 Å². The molecule has 0 spiro atoms. The minimum Gasteiger partial charge on any atom is -0.378 e. The third-order valence-corrected chi connectivity index (χ3v) is 5.72. The lowest BCUT2D eigenvalue weighted by molar-refractivity contribution is 0.122. The van der Waals surface area contributed by atoms with E-state index in [4.69, 9.17) is 4.74 Å². The van der Waals surface area contributed by atoms with Crippen molar-refractivity contribution in [1.29, 1.82) is 0 Å². The Bertz CT molecular complexity index is 892. The van der Waals surface area contributed by atoms with Crippen molar-refractivity contribution in [3.63, 3.8) is 0 Å². The van der Waals surface area contributed by atoms with Gasteiger partial charge in [-0.05, 0) is 0 Å². The number of anilines is 2. The molecule has 0 aliphatic carbocycles. The van der Waals surface area contributed by atoms with Crippen LogP contribution < -0.4 is 14.9 Å². The summed E-state index contributed by atoms with van der Waals surface area (Å²) in [7, 11) is -1.86. The van der Waals surface area contributed by atoms with Gasteiger partial charge in [0, 0.05) is 51.4 Å². The summed E-state index contributed by atoms with van der Waals surface area (Å²) in [6.07, 6.45) is 3.03. The van der Waals surface area contributed by atoms with Crippen LogP contribution in [0.25, 0.3) is 0 Å². The maximum absolute atomic E-state index is 12.4. The van der Waals surface area contributed by atoms with E-state index in [9.17, 15) is 8.42 Å². The summed E-state index contributed by atoms with van der Waals surface area (Å²) in [5.41, 5.74) is 0. The maximum atomic E-state index is 12.4. The van der Waals surface area contributed by atoms with Gasteiger partial charge >= 0.3 is 0 Å². The first-order chi connectivity index (χ1) is 13.4. The first-order valence-corrected chi connectivity index (χ1v) is 10.8. The van der Waals surface area contributed by atoms with Crippen molar-refractivity contribution in [3.8, 4) is 0 Å². The largest absolute Gasteiger partial charge is 0.378 e. The van der Waals surface area contributed by atoms with E-state index < -0.39 is 10.0 Å². The fraction of sp³-hybridized carbons (Fsp3) is 0.588. The quantitative estimate of drug-likeness (QED) is 0.608. The number of aryl methyl sites for hydroxylation is 1. The smallest absolute Gasteiger partial charge is 0.259 e. The first-order valence-electron chi connectivity index (χ1n) is 9.28. The molecule has 3 rings (SSSR count). The van der Waals surface area contributed by atoms with Crippen LogP contribution in [0.5, 0.6) is 0 Å². The number of morpholine rings is 1. The Hall–Kier alpha value is -2.24. The monoisotopic (exact) mass is 409 g/mol. The predicted octanol–water partition coefficient (Wildman–Crippen LogP) is 0.561. The molecule has 2 aromatic heterocycles. The van der Waals surface area contributed by atoms with E-state index in [-0.39, 0.29) is 17.5 Å². The molecule has 1 aliphatic heterocycles. The molecule has 0 atom stereocenters. The van der Waals surface area contributed by atoms with Gasteiger partial charge in [-0.3, -0.25) is 0 Å². The Kier molecular flexibility index (Phi) is 6.47. The highest BCUT2D eigenvalue weighted by Gasteiger charge is 2.20. The van der Waals surface area contributed by atoms with Crippen molar-refractivity contribution < 1.29 is 13.2 Å². The number of imidazole rings is 1. The van der Waals surface area contributed by atoms with Gasteiger partial charge in [0.1, 0.15) is 23.8 Å². The minimum absolute atomic E-state index is 0.0374. The molecular weight excluding hydrogens is 382 g/mol. The number of aromatic nitrogens is 4. The number of ether oxygens (including phenoxy) is 1. The number of nitrogens with one attached hydrogen (secondary N) is 2. The van der Waals surface area contributed by atoms with Crippen molar-refractivity contribution in [2.45, 2.75) is 24.8 Å². The molecule has 10 nitrogen and oxygen atoms in total. The van der Waals surface area contributed by atoms with Gasteiger partial charge in [-0.15, -0.1) is 0 Å². The topological polar surface area (TPSA) is 114 Å². The van der Waals surface area contributed by atoms with Crippen LogP contribution in [0.15, 0.2) is 23.6 Å². The van der Waals surface area contributed by atoms with Gasteiger partial charge in [-0.2, -0.15) is 0 Å². The highest BCUT2D eigenvalue weighted by atomic mass is 32.2. The molecule has 2 N–H and O–H groups in total. The Morgan fingerprint density at radius 1 is 1.21 bits per heavy atom. The maximum Gasteiger partial charge on any atom is 0.259 e. The van der Waals surface area contributed by atoms with E-state index in [0.717, 1.165) is 24.7 Å². The van der Waals surface area contributed by atoms with E-state index in [2.05, 4.69) is 29.9 Å². The molecule has 0 radical (unpaired) electrons. The fourth-order valence-corrected chi connectivity index (χ4v) is 4.01. The molecule has 0 amide bonds.